The Morgan fingerprint density at radius 2 is 1.96 bits per heavy atom. The third-order valence-electron chi connectivity index (χ3n) is 4.33. The van der Waals surface area contributed by atoms with Crippen molar-refractivity contribution in [2.75, 3.05) is 25.4 Å². The molecule has 0 radical (unpaired) electrons. The molecule has 1 amide bonds. The monoisotopic (exact) mass is 420 g/mol. The molecule has 1 fully saturated rings. The molecule has 0 spiro atoms. The summed E-state index contributed by atoms with van der Waals surface area (Å²) in [5, 5.41) is 2.83. The Morgan fingerprint density at radius 3 is 2.71 bits per heavy atom. The summed E-state index contributed by atoms with van der Waals surface area (Å²) < 4.78 is 33.0. The zero-order chi connectivity index (χ0) is 19.8. The summed E-state index contributed by atoms with van der Waals surface area (Å²) in [7, 11) is -3.68. The summed E-state index contributed by atoms with van der Waals surface area (Å²) in [6.45, 7) is 1.41. The summed E-state index contributed by atoms with van der Waals surface area (Å²) in [5.74, 6) is 0.446. The Kier molecular flexibility index (Phi) is 7.50. The van der Waals surface area contributed by atoms with Crippen LogP contribution in [0.5, 0.6) is 0 Å². The first-order valence-corrected chi connectivity index (χ1v) is 11.7. The zero-order valence-corrected chi connectivity index (χ0v) is 17.1. The summed E-state index contributed by atoms with van der Waals surface area (Å²) >= 11 is 1.65. The van der Waals surface area contributed by atoms with Crippen LogP contribution in [-0.2, 0) is 14.8 Å². The summed E-state index contributed by atoms with van der Waals surface area (Å²) in [6.07, 6.45) is 1.72. The van der Waals surface area contributed by atoms with Gasteiger partial charge < -0.3 is 10.1 Å². The molecule has 28 heavy (non-hydrogen) atoms. The lowest BCUT2D eigenvalue weighted by Crippen LogP contribution is -2.32. The minimum absolute atomic E-state index is 0.0802. The second-order valence-corrected chi connectivity index (χ2v) is 9.37. The molecule has 0 saturated carbocycles. The second-order valence-electron chi connectivity index (χ2n) is 6.43. The molecule has 1 saturated heterocycles. The standard InChI is InChI=1S/C20H24N2O4S2/c23-20(21-11-13-27-18-8-2-1-3-9-18)16-6-4-10-19(14-16)28(24,25)22-15-17-7-5-12-26-17/h1-4,6,8-10,14,17,22H,5,7,11-13,15H2,(H,21,23). The molecule has 2 aromatic rings. The predicted octanol–water partition coefficient (Wildman–Crippen LogP) is 2.67. The fourth-order valence-corrected chi connectivity index (χ4v) is 4.75. The number of nitrogens with one attached hydrogen (secondary N) is 2. The molecule has 1 heterocycles. The molecular weight excluding hydrogens is 396 g/mol. The molecule has 1 aliphatic rings. The molecule has 6 nitrogen and oxygen atoms in total. The topological polar surface area (TPSA) is 84.5 Å². The third kappa shape index (κ3) is 6.07. The Labute approximate surface area is 170 Å². The maximum Gasteiger partial charge on any atom is 0.251 e. The van der Waals surface area contributed by atoms with Gasteiger partial charge in [-0.1, -0.05) is 24.3 Å². The van der Waals surface area contributed by atoms with Crippen LogP contribution in [0.2, 0.25) is 0 Å². The van der Waals surface area contributed by atoms with Gasteiger partial charge in [-0.15, -0.1) is 11.8 Å². The van der Waals surface area contributed by atoms with Crippen molar-refractivity contribution in [1.82, 2.24) is 10.0 Å². The Morgan fingerprint density at radius 1 is 1.14 bits per heavy atom. The van der Waals surface area contributed by atoms with Gasteiger partial charge in [-0.2, -0.15) is 0 Å². The van der Waals surface area contributed by atoms with Crippen LogP contribution in [0.4, 0.5) is 0 Å². The smallest absolute Gasteiger partial charge is 0.251 e. The van der Waals surface area contributed by atoms with Crippen molar-refractivity contribution >= 4 is 27.7 Å². The van der Waals surface area contributed by atoms with E-state index in [1.54, 1.807) is 23.9 Å². The van der Waals surface area contributed by atoms with Gasteiger partial charge in [0.25, 0.3) is 5.91 Å². The molecule has 1 aliphatic heterocycles. The van der Waals surface area contributed by atoms with Gasteiger partial charge in [-0.25, -0.2) is 13.1 Å². The average molecular weight is 421 g/mol. The normalized spacial score (nSPS) is 16.8. The number of hydrogen-bond acceptors (Lipinski definition) is 5. The van der Waals surface area contributed by atoms with Crippen molar-refractivity contribution in [1.29, 1.82) is 0 Å². The van der Waals surface area contributed by atoms with Crippen LogP contribution in [0.1, 0.15) is 23.2 Å². The van der Waals surface area contributed by atoms with Gasteiger partial charge in [0, 0.05) is 35.9 Å². The van der Waals surface area contributed by atoms with Gasteiger partial charge in [0.05, 0.1) is 11.0 Å². The van der Waals surface area contributed by atoms with Gasteiger partial charge in [-0.05, 0) is 43.2 Å². The zero-order valence-electron chi connectivity index (χ0n) is 15.5. The molecule has 3 rings (SSSR count). The Hall–Kier alpha value is -1.87. The highest BCUT2D eigenvalue weighted by molar-refractivity contribution is 7.99. The second kappa shape index (κ2) is 10.1. The molecule has 0 aromatic heterocycles. The average Bonchev–Trinajstić information content (AvgIpc) is 3.24. The van der Waals surface area contributed by atoms with Crippen molar-refractivity contribution in [2.24, 2.45) is 0 Å². The fourth-order valence-electron chi connectivity index (χ4n) is 2.85. The van der Waals surface area contributed by atoms with E-state index in [9.17, 15) is 13.2 Å². The molecule has 150 valence electrons. The minimum Gasteiger partial charge on any atom is -0.377 e. The van der Waals surface area contributed by atoms with Crippen LogP contribution in [-0.4, -0.2) is 45.9 Å². The maximum absolute atomic E-state index is 12.5. The van der Waals surface area contributed by atoms with Crippen LogP contribution < -0.4 is 10.0 Å². The van der Waals surface area contributed by atoms with Gasteiger partial charge in [-0.3, -0.25) is 4.79 Å². The molecule has 0 aliphatic carbocycles. The minimum atomic E-state index is -3.68. The van der Waals surface area contributed by atoms with Crippen molar-refractivity contribution < 1.29 is 17.9 Å². The van der Waals surface area contributed by atoms with Crippen LogP contribution >= 0.6 is 11.8 Å². The largest absolute Gasteiger partial charge is 0.377 e. The molecule has 8 heteroatoms. The highest BCUT2D eigenvalue weighted by Crippen LogP contribution is 2.16. The maximum atomic E-state index is 12.5. The van der Waals surface area contributed by atoms with Crippen molar-refractivity contribution in [3.05, 3.63) is 60.2 Å². The van der Waals surface area contributed by atoms with E-state index >= 15 is 0 Å². The quantitative estimate of drug-likeness (QED) is 0.481. The number of thioether (sulfide) groups is 1. The van der Waals surface area contributed by atoms with E-state index in [4.69, 9.17) is 4.74 Å². The SMILES string of the molecule is O=C(NCCSc1ccccc1)c1cccc(S(=O)(=O)NCC2CCCO2)c1. The highest BCUT2D eigenvalue weighted by atomic mass is 32.2. The van der Waals surface area contributed by atoms with Crippen LogP contribution in [0.15, 0.2) is 64.4 Å². The number of hydrogen-bond donors (Lipinski definition) is 2. The van der Waals surface area contributed by atoms with E-state index in [-0.39, 0.29) is 23.5 Å². The summed E-state index contributed by atoms with van der Waals surface area (Å²) in [4.78, 5) is 13.6. The number of rotatable bonds is 9. The lowest BCUT2D eigenvalue weighted by molar-refractivity contribution is 0.0956. The van der Waals surface area contributed by atoms with E-state index in [0.29, 0.717) is 18.7 Å². The molecule has 1 atom stereocenters. The lowest BCUT2D eigenvalue weighted by atomic mass is 10.2. The number of amides is 1. The predicted molar refractivity (Wildman–Crippen MR) is 110 cm³/mol. The molecule has 2 N–H and O–H groups in total. The van der Waals surface area contributed by atoms with Crippen LogP contribution in [0.25, 0.3) is 0 Å². The molecule has 2 aromatic carbocycles. The van der Waals surface area contributed by atoms with E-state index in [2.05, 4.69) is 10.0 Å². The summed E-state index contributed by atoms with van der Waals surface area (Å²) in [6, 6.07) is 16.0. The van der Waals surface area contributed by atoms with Crippen LogP contribution in [0.3, 0.4) is 0 Å². The van der Waals surface area contributed by atoms with E-state index < -0.39 is 10.0 Å². The first-order chi connectivity index (χ1) is 13.5. The van der Waals surface area contributed by atoms with Gasteiger partial charge in [0.1, 0.15) is 0 Å². The van der Waals surface area contributed by atoms with Crippen LogP contribution in [0, 0.1) is 0 Å². The lowest BCUT2D eigenvalue weighted by Gasteiger charge is -2.12. The van der Waals surface area contributed by atoms with Crippen molar-refractivity contribution in [3.8, 4) is 0 Å². The first kappa shape index (κ1) is 20.9. The number of carbonyl (C=O) groups excluding carboxylic acids is 1. The Bertz CT molecular complexity index is 882. The van der Waals surface area contributed by atoms with Gasteiger partial charge in [0.2, 0.25) is 10.0 Å². The summed E-state index contributed by atoms with van der Waals surface area (Å²) in [5.41, 5.74) is 0.324. The van der Waals surface area contributed by atoms with Gasteiger partial charge >= 0.3 is 0 Å². The number of benzene rings is 2. The Balaban J connectivity index is 1.51. The number of sulfonamides is 1. The van der Waals surface area contributed by atoms with Crippen molar-refractivity contribution in [3.63, 3.8) is 0 Å². The fraction of sp³-hybridized carbons (Fsp3) is 0.350. The molecule has 0 bridgehead atoms. The van der Waals surface area contributed by atoms with Gasteiger partial charge in [0.15, 0.2) is 0 Å². The van der Waals surface area contributed by atoms with Crippen molar-refractivity contribution in [2.45, 2.75) is 28.7 Å². The van der Waals surface area contributed by atoms with E-state index in [0.717, 1.165) is 23.5 Å². The highest BCUT2D eigenvalue weighted by Gasteiger charge is 2.21. The van der Waals surface area contributed by atoms with E-state index in [1.807, 2.05) is 30.3 Å². The third-order valence-corrected chi connectivity index (χ3v) is 6.77. The molecular formula is C20H24N2O4S2. The number of carbonyl (C=O) groups is 1. The first-order valence-electron chi connectivity index (χ1n) is 9.22. The molecule has 1 unspecified atom stereocenters. The van der Waals surface area contributed by atoms with E-state index in [1.165, 1.54) is 12.1 Å². The number of ether oxygens (including phenoxy) is 1.